The van der Waals surface area contributed by atoms with E-state index < -0.39 is 0 Å². The second-order valence-corrected chi connectivity index (χ2v) is 6.95. The van der Waals surface area contributed by atoms with Gasteiger partial charge in [0.05, 0.1) is 19.0 Å². The van der Waals surface area contributed by atoms with Gasteiger partial charge in [0.15, 0.2) is 22.5 Å². The van der Waals surface area contributed by atoms with Gasteiger partial charge in [-0.05, 0) is 18.2 Å². The van der Waals surface area contributed by atoms with E-state index in [9.17, 15) is 4.79 Å². The summed E-state index contributed by atoms with van der Waals surface area (Å²) >= 11 is 1.39. The van der Waals surface area contributed by atoms with E-state index in [-0.39, 0.29) is 5.91 Å². The number of ether oxygens (including phenoxy) is 3. The fraction of sp³-hybridized carbons (Fsp3) is 0.471. The van der Waals surface area contributed by atoms with Crippen molar-refractivity contribution in [3.8, 4) is 22.9 Å². The maximum atomic E-state index is 12.3. The molecule has 0 radical (unpaired) electrons. The van der Waals surface area contributed by atoms with Gasteiger partial charge in [0, 0.05) is 25.7 Å². The summed E-state index contributed by atoms with van der Waals surface area (Å²) in [5.74, 6) is 2.62. The Morgan fingerprint density at radius 3 is 2.69 bits per heavy atom. The van der Waals surface area contributed by atoms with Crippen LogP contribution in [0.2, 0.25) is 0 Å². The first-order chi connectivity index (χ1) is 12.7. The molecule has 8 nitrogen and oxygen atoms in total. The number of hydrogen-bond donors (Lipinski definition) is 0. The first-order valence-corrected chi connectivity index (χ1v) is 9.48. The van der Waals surface area contributed by atoms with Crippen molar-refractivity contribution in [1.82, 2.24) is 19.7 Å². The van der Waals surface area contributed by atoms with Crippen LogP contribution in [0.4, 0.5) is 0 Å². The molecule has 0 atom stereocenters. The van der Waals surface area contributed by atoms with Crippen LogP contribution in [-0.4, -0.2) is 70.8 Å². The van der Waals surface area contributed by atoms with Crippen LogP contribution >= 0.6 is 11.8 Å². The van der Waals surface area contributed by atoms with Crippen molar-refractivity contribution in [2.75, 3.05) is 45.3 Å². The highest BCUT2D eigenvalue weighted by Gasteiger charge is 2.20. The Kier molecular flexibility index (Phi) is 4.98. The maximum absolute atomic E-state index is 12.3. The molecule has 0 aliphatic carbocycles. The lowest BCUT2D eigenvalue weighted by atomic mass is 10.2. The van der Waals surface area contributed by atoms with Crippen LogP contribution in [0.1, 0.15) is 0 Å². The Balaban J connectivity index is 1.45. The summed E-state index contributed by atoms with van der Waals surface area (Å²) in [5.41, 5.74) is 0.899. The van der Waals surface area contributed by atoms with Crippen LogP contribution in [0.25, 0.3) is 11.4 Å². The second-order valence-electron chi connectivity index (χ2n) is 6.01. The molecule has 26 heavy (non-hydrogen) atoms. The summed E-state index contributed by atoms with van der Waals surface area (Å²) in [6, 6.07) is 5.73. The predicted molar refractivity (Wildman–Crippen MR) is 95.6 cm³/mol. The number of thioether (sulfide) groups is 1. The van der Waals surface area contributed by atoms with Crippen LogP contribution in [0.15, 0.2) is 23.4 Å². The largest absolute Gasteiger partial charge is 0.486 e. The fourth-order valence-corrected chi connectivity index (χ4v) is 3.72. The first-order valence-electron chi connectivity index (χ1n) is 8.50. The van der Waals surface area contributed by atoms with Crippen LogP contribution < -0.4 is 9.47 Å². The van der Waals surface area contributed by atoms with Crippen LogP contribution in [0.3, 0.4) is 0 Å². The van der Waals surface area contributed by atoms with Gasteiger partial charge in [0.25, 0.3) is 0 Å². The third-order valence-electron chi connectivity index (χ3n) is 4.32. The van der Waals surface area contributed by atoms with E-state index in [2.05, 4.69) is 10.2 Å². The van der Waals surface area contributed by atoms with E-state index in [0.29, 0.717) is 56.2 Å². The number of carbonyl (C=O) groups excluding carboxylic acids is 1. The van der Waals surface area contributed by atoms with Gasteiger partial charge in [-0.2, -0.15) is 0 Å². The van der Waals surface area contributed by atoms with Crippen molar-refractivity contribution in [1.29, 1.82) is 0 Å². The molecule has 4 rings (SSSR count). The van der Waals surface area contributed by atoms with Gasteiger partial charge in [-0.25, -0.2) is 0 Å². The zero-order valence-corrected chi connectivity index (χ0v) is 15.3. The molecular formula is C17H20N4O4S. The van der Waals surface area contributed by atoms with Gasteiger partial charge in [-0.3, -0.25) is 4.79 Å². The molecule has 0 bridgehead atoms. The number of aromatic nitrogens is 3. The zero-order chi connectivity index (χ0) is 17.9. The van der Waals surface area contributed by atoms with Gasteiger partial charge in [-0.1, -0.05) is 11.8 Å². The third-order valence-corrected chi connectivity index (χ3v) is 5.33. The molecule has 138 valence electrons. The SMILES string of the molecule is Cn1c(SCC(=O)N2CCOCC2)nnc1-c1ccc2c(c1)OCCO2. The summed E-state index contributed by atoms with van der Waals surface area (Å²) in [5, 5.41) is 9.21. The number of fused-ring (bicyclic) bond motifs is 1. The normalized spacial score (nSPS) is 16.6. The summed E-state index contributed by atoms with van der Waals surface area (Å²) in [7, 11) is 1.90. The summed E-state index contributed by atoms with van der Waals surface area (Å²) in [6.45, 7) is 3.62. The van der Waals surface area contributed by atoms with Crippen molar-refractivity contribution >= 4 is 17.7 Å². The fourth-order valence-electron chi connectivity index (χ4n) is 2.90. The lowest BCUT2D eigenvalue weighted by Gasteiger charge is -2.26. The molecular weight excluding hydrogens is 356 g/mol. The van der Waals surface area contributed by atoms with Gasteiger partial charge < -0.3 is 23.7 Å². The molecule has 0 saturated carbocycles. The number of benzene rings is 1. The number of nitrogens with zero attached hydrogens (tertiary/aromatic N) is 4. The summed E-state index contributed by atoms with van der Waals surface area (Å²) in [6.07, 6.45) is 0. The van der Waals surface area contributed by atoms with E-state index in [1.54, 1.807) is 0 Å². The van der Waals surface area contributed by atoms with E-state index in [1.807, 2.05) is 34.7 Å². The number of rotatable bonds is 4. The minimum Gasteiger partial charge on any atom is -0.486 e. The molecule has 1 saturated heterocycles. The van der Waals surface area contributed by atoms with Crippen LogP contribution in [0.5, 0.6) is 11.5 Å². The topological polar surface area (TPSA) is 78.7 Å². The highest BCUT2D eigenvalue weighted by Crippen LogP contribution is 2.34. The minimum absolute atomic E-state index is 0.0992. The van der Waals surface area contributed by atoms with Crippen molar-refractivity contribution in [2.24, 2.45) is 7.05 Å². The molecule has 0 N–H and O–H groups in total. The Morgan fingerprint density at radius 1 is 1.12 bits per heavy atom. The molecule has 1 aromatic carbocycles. The highest BCUT2D eigenvalue weighted by atomic mass is 32.2. The van der Waals surface area contributed by atoms with Gasteiger partial charge in [0.1, 0.15) is 13.2 Å². The molecule has 1 aromatic heterocycles. The van der Waals surface area contributed by atoms with Crippen LogP contribution in [0, 0.1) is 0 Å². The molecule has 9 heteroatoms. The Hall–Kier alpha value is -2.26. The molecule has 1 fully saturated rings. The maximum Gasteiger partial charge on any atom is 0.233 e. The van der Waals surface area contributed by atoms with E-state index in [1.165, 1.54) is 11.8 Å². The van der Waals surface area contributed by atoms with E-state index in [0.717, 1.165) is 17.1 Å². The Morgan fingerprint density at radius 2 is 1.88 bits per heavy atom. The van der Waals surface area contributed by atoms with Crippen molar-refractivity contribution in [3.63, 3.8) is 0 Å². The average molecular weight is 376 g/mol. The molecule has 2 aromatic rings. The quantitative estimate of drug-likeness (QED) is 0.742. The third kappa shape index (κ3) is 3.49. The predicted octanol–water partition coefficient (Wildman–Crippen LogP) is 1.20. The summed E-state index contributed by atoms with van der Waals surface area (Å²) < 4.78 is 18.3. The van der Waals surface area contributed by atoms with Crippen LogP contribution in [-0.2, 0) is 16.6 Å². The standard InChI is InChI=1S/C17H20N4O4S/c1-20-16(12-2-3-13-14(10-12)25-9-8-24-13)18-19-17(20)26-11-15(22)21-4-6-23-7-5-21/h2-3,10H,4-9,11H2,1H3. The van der Waals surface area contributed by atoms with Crippen molar-refractivity contribution < 1.29 is 19.0 Å². The van der Waals surface area contributed by atoms with Gasteiger partial charge in [-0.15, -0.1) is 10.2 Å². The number of amides is 1. The highest BCUT2D eigenvalue weighted by molar-refractivity contribution is 7.99. The smallest absolute Gasteiger partial charge is 0.233 e. The average Bonchev–Trinajstić information content (AvgIpc) is 3.07. The number of morpholine rings is 1. The number of hydrogen-bond acceptors (Lipinski definition) is 7. The molecule has 3 heterocycles. The lowest BCUT2D eigenvalue weighted by Crippen LogP contribution is -2.41. The van der Waals surface area contributed by atoms with E-state index >= 15 is 0 Å². The molecule has 1 amide bonds. The van der Waals surface area contributed by atoms with Gasteiger partial charge in [0.2, 0.25) is 5.91 Å². The zero-order valence-electron chi connectivity index (χ0n) is 14.5. The van der Waals surface area contributed by atoms with E-state index in [4.69, 9.17) is 14.2 Å². The molecule has 2 aliphatic heterocycles. The number of carbonyl (C=O) groups is 1. The van der Waals surface area contributed by atoms with Crippen molar-refractivity contribution in [2.45, 2.75) is 5.16 Å². The lowest BCUT2D eigenvalue weighted by molar-refractivity contribution is -0.132. The Labute approximate surface area is 155 Å². The Bertz CT molecular complexity index is 804. The summed E-state index contributed by atoms with van der Waals surface area (Å²) in [4.78, 5) is 14.1. The van der Waals surface area contributed by atoms with Gasteiger partial charge >= 0.3 is 0 Å². The molecule has 2 aliphatic rings. The first kappa shape index (κ1) is 17.2. The monoisotopic (exact) mass is 376 g/mol. The molecule has 0 spiro atoms. The van der Waals surface area contributed by atoms with Crippen molar-refractivity contribution in [3.05, 3.63) is 18.2 Å². The minimum atomic E-state index is 0.0992. The molecule has 0 unspecified atom stereocenters. The second kappa shape index (κ2) is 7.55.